The number of H-pyrrole nitrogens is 1. The molecule has 2 aliphatic rings. The quantitative estimate of drug-likeness (QED) is 0.697. The zero-order chi connectivity index (χ0) is 20.7. The van der Waals surface area contributed by atoms with E-state index in [1.807, 2.05) is 16.8 Å². The number of likely N-dealkylation sites (tertiary alicyclic amines) is 1. The highest BCUT2D eigenvalue weighted by Crippen LogP contribution is 2.28. The summed E-state index contributed by atoms with van der Waals surface area (Å²) in [7, 11) is 0. The van der Waals surface area contributed by atoms with E-state index in [0.717, 1.165) is 31.7 Å². The van der Waals surface area contributed by atoms with Crippen LogP contribution in [-0.4, -0.2) is 57.1 Å². The number of benzene rings is 1. The number of nitrogens with zero attached hydrogens (tertiary/aromatic N) is 4. The van der Waals surface area contributed by atoms with Crippen molar-refractivity contribution in [3.05, 3.63) is 52.2 Å². The molecule has 2 aromatic heterocycles. The molecule has 8 heteroatoms. The minimum absolute atomic E-state index is 0.00185. The summed E-state index contributed by atoms with van der Waals surface area (Å²) in [5.74, 6) is 1.57. The molecule has 3 aromatic rings. The monoisotopic (exact) mass is 409 g/mol. The summed E-state index contributed by atoms with van der Waals surface area (Å²) < 4.78 is 13.4. The predicted octanol–water partition coefficient (Wildman–Crippen LogP) is 2.60. The Hall–Kier alpha value is -2.71. The van der Waals surface area contributed by atoms with Gasteiger partial charge in [-0.05, 0) is 38.8 Å². The summed E-state index contributed by atoms with van der Waals surface area (Å²) in [4.78, 5) is 22.7. The molecular formula is C22H27N5O3. The molecule has 0 amide bonds. The first kappa shape index (κ1) is 19.3. The number of aromatic nitrogens is 4. The topological polar surface area (TPSA) is 85.3 Å². The van der Waals surface area contributed by atoms with E-state index in [2.05, 4.69) is 41.0 Å². The first-order valence-corrected chi connectivity index (χ1v) is 10.6. The Labute approximate surface area is 174 Å². The van der Waals surface area contributed by atoms with Gasteiger partial charge in [-0.25, -0.2) is 9.67 Å². The first-order valence-electron chi connectivity index (χ1n) is 10.6. The molecule has 0 radical (unpaired) electrons. The van der Waals surface area contributed by atoms with Gasteiger partial charge in [-0.3, -0.25) is 9.69 Å². The van der Waals surface area contributed by atoms with Gasteiger partial charge in [0.05, 0.1) is 18.3 Å². The lowest BCUT2D eigenvalue weighted by Crippen LogP contribution is -2.54. The molecule has 2 aliphatic heterocycles. The van der Waals surface area contributed by atoms with E-state index in [-0.39, 0.29) is 23.7 Å². The molecule has 158 valence electrons. The maximum absolute atomic E-state index is 12.6. The van der Waals surface area contributed by atoms with Crippen LogP contribution < -0.4 is 10.3 Å². The molecule has 30 heavy (non-hydrogen) atoms. The second-order valence-electron chi connectivity index (χ2n) is 8.30. The number of hydrogen-bond donors (Lipinski definition) is 1. The van der Waals surface area contributed by atoms with Gasteiger partial charge >= 0.3 is 0 Å². The largest absolute Gasteiger partial charge is 0.488 e. The van der Waals surface area contributed by atoms with E-state index < -0.39 is 0 Å². The van der Waals surface area contributed by atoms with E-state index in [4.69, 9.17) is 14.5 Å². The van der Waals surface area contributed by atoms with Crippen molar-refractivity contribution in [3.63, 3.8) is 0 Å². The smallest absolute Gasteiger partial charge is 0.262 e. The van der Waals surface area contributed by atoms with Crippen molar-refractivity contribution in [3.8, 4) is 5.75 Å². The molecule has 0 spiro atoms. The fourth-order valence-corrected chi connectivity index (χ4v) is 4.19. The van der Waals surface area contributed by atoms with Crippen LogP contribution in [0.15, 0.2) is 35.3 Å². The Kier molecular flexibility index (Phi) is 5.04. The number of nitrogens with one attached hydrogen (secondary N) is 1. The average Bonchev–Trinajstić information content (AvgIpc) is 3.16. The van der Waals surface area contributed by atoms with E-state index in [0.29, 0.717) is 30.1 Å². The predicted molar refractivity (Wildman–Crippen MR) is 113 cm³/mol. The minimum atomic E-state index is -0.131. The third-order valence-corrected chi connectivity index (χ3v) is 6.16. The van der Waals surface area contributed by atoms with Crippen LogP contribution in [-0.2, 0) is 4.74 Å². The molecule has 2 saturated heterocycles. The summed E-state index contributed by atoms with van der Waals surface area (Å²) in [6.07, 6.45) is 3.55. The second kappa shape index (κ2) is 7.85. The standard InChI is InChI=1S/C22H27N5O3/c1-14-3-5-17(6-4-14)30-18-12-26(13-18)15(2)20-24-21-19(22(28)25-20)11-23-27(21)16-7-9-29-10-8-16/h3-6,11,15-16,18H,7-10,12-13H2,1-2H3,(H,24,25,28). The van der Waals surface area contributed by atoms with Gasteiger partial charge in [-0.15, -0.1) is 0 Å². The van der Waals surface area contributed by atoms with Crippen molar-refractivity contribution in [1.29, 1.82) is 0 Å². The summed E-state index contributed by atoms with van der Waals surface area (Å²) >= 11 is 0. The van der Waals surface area contributed by atoms with Crippen LogP contribution in [0.3, 0.4) is 0 Å². The molecule has 8 nitrogen and oxygen atoms in total. The van der Waals surface area contributed by atoms with E-state index in [1.54, 1.807) is 6.20 Å². The molecule has 4 heterocycles. The highest BCUT2D eigenvalue weighted by atomic mass is 16.5. The van der Waals surface area contributed by atoms with Gasteiger partial charge in [0.2, 0.25) is 0 Å². The van der Waals surface area contributed by atoms with Crippen molar-refractivity contribution in [1.82, 2.24) is 24.6 Å². The third-order valence-electron chi connectivity index (χ3n) is 6.16. The zero-order valence-electron chi connectivity index (χ0n) is 17.4. The second-order valence-corrected chi connectivity index (χ2v) is 8.30. The van der Waals surface area contributed by atoms with Crippen molar-refractivity contribution < 1.29 is 9.47 Å². The number of rotatable bonds is 5. The van der Waals surface area contributed by atoms with Crippen LogP contribution in [0.2, 0.25) is 0 Å². The number of fused-ring (bicyclic) bond motifs is 1. The van der Waals surface area contributed by atoms with Gasteiger partial charge in [-0.2, -0.15) is 5.10 Å². The van der Waals surface area contributed by atoms with Gasteiger partial charge < -0.3 is 14.5 Å². The number of hydrogen-bond acceptors (Lipinski definition) is 6. The van der Waals surface area contributed by atoms with E-state index in [9.17, 15) is 4.79 Å². The Morgan fingerprint density at radius 2 is 1.93 bits per heavy atom. The molecule has 1 atom stereocenters. The fourth-order valence-electron chi connectivity index (χ4n) is 4.19. The van der Waals surface area contributed by atoms with Crippen LogP contribution in [0.1, 0.15) is 43.2 Å². The summed E-state index contributed by atoms with van der Waals surface area (Å²) in [5.41, 5.74) is 1.75. The van der Waals surface area contributed by atoms with Crippen LogP contribution in [0, 0.1) is 6.92 Å². The first-order chi connectivity index (χ1) is 14.6. The normalized spacial score (nSPS) is 19.7. The Balaban J connectivity index is 1.31. The molecule has 0 bridgehead atoms. The van der Waals surface area contributed by atoms with E-state index in [1.165, 1.54) is 5.56 Å². The fraction of sp³-hybridized carbons (Fsp3) is 0.500. The van der Waals surface area contributed by atoms with Crippen molar-refractivity contribution in [2.45, 2.75) is 44.9 Å². The van der Waals surface area contributed by atoms with Crippen LogP contribution in [0.4, 0.5) is 0 Å². The third kappa shape index (κ3) is 3.61. The van der Waals surface area contributed by atoms with Gasteiger partial charge in [-0.1, -0.05) is 17.7 Å². The lowest BCUT2D eigenvalue weighted by Gasteiger charge is -2.42. The minimum Gasteiger partial charge on any atom is -0.488 e. The van der Waals surface area contributed by atoms with Crippen LogP contribution >= 0.6 is 0 Å². The van der Waals surface area contributed by atoms with Gasteiger partial charge in [0, 0.05) is 26.3 Å². The molecule has 1 unspecified atom stereocenters. The number of aryl methyl sites for hydroxylation is 1. The lowest BCUT2D eigenvalue weighted by molar-refractivity contribution is -0.00736. The van der Waals surface area contributed by atoms with Crippen LogP contribution in [0.5, 0.6) is 5.75 Å². The van der Waals surface area contributed by atoms with Crippen molar-refractivity contribution >= 4 is 11.0 Å². The molecular weight excluding hydrogens is 382 g/mol. The number of ether oxygens (including phenoxy) is 2. The van der Waals surface area contributed by atoms with Gasteiger partial charge in [0.1, 0.15) is 23.1 Å². The average molecular weight is 409 g/mol. The summed E-state index contributed by atoms with van der Waals surface area (Å²) in [5, 5.41) is 5.01. The molecule has 1 N–H and O–H groups in total. The molecule has 1 aromatic carbocycles. The number of aromatic amines is 1. The van der Waals surface area contributed by atoms with E-state index >= 15 is 0 Å². The Bertz CT molecular complexity index is 1080. The highest BCUT2D eigenvalue weighted by Gasteiger charge is 2.34. The summed E-state index contributed by atoms with van der Waals surface area (Å²) in [6, 6.07) is 8.35. The maximum Gasteiger partial charge on any atom is 0.262 e. The molecule has 2 fully saturated rings. The highest BCUT2D eigenvalue weighted by molar-refractivity contribution is 5.73. The molecule has 0 aliphatic carbocycles. The van der Waals surface area contributed by atoms with Gasteiger partial charge in [0.15, 0.2) is 5.65 Å². The Morgan fingerprint density at radius 1 is 1.20 bits per heavy atom. The maximum atomic E-state index is 12.6. The van der Waals surface area contributed by atoms with Crippen molar-refractivity contribution in [2.75, 3.05) is 26.3 Å². The van der Waals surface area contributed by atoms with Crippen molar-refractivity contribution in [2.24, 2.45) is 0 Å². The lowest BCUT2D eigenvalue weighted by atomic mass is 10.1. The summed E-state index contributed by atoms with van der Waals surface area (Å²) in [6.45, 7) is 7.17. The SMILES string of the molecule is Cc1ccc(OC2CN(C(C)c3nc4c(cnn4C4CCOCC4)c(=O)[nH]3)C2)cc1. The zero-order valence-corrected chi connectivity index (χ0v) is 17.4. The Morgan fingerprint density at radius 3 is 2.67 bits per heavy atom. The van der Waals surface area contributed by atoms with Crippen LogP contribution in [0.25, 0.3) is 11.0 Å². The molecule has 0 saturated carbocycles. The molecule has 5 rings (SSSR count). The van der Waals surface area contributed by atoms with Gasteiger partial charge in [0.25, 0.3) is 5.56 Å².